The fourth-order valence-corrected chi connectivity index (χ4v) is 2.26. The minimum absolute atomic E-state index is 0.0397. The van der Waals surface area contributed by atoms with Crippen LogP contribution in [0.2, 0.25) is 0 Å². The maximum atomic E-state index is 11.2. The van der Waals surface area contributed by atoms with Gasteiger partial charge in [0, 0.05) is 7.11 Å². The second-order valence-electron chi connectivity index (χ2n) is 4.27. The monoisotopic (exact) mass is 214 g/mol. The average molecular weight is 214 g/mol. The molecule has 0 N–H and O–H groups in total. The standard InChI is InChI=1S/C12H22O3/c1-3-10-6-4-5-7-12(10)15-9-11(13)8-14-2/h10,12H,3-9H2,1-2H3. The fraction of sp³-hybridized carbons (Fsp3) is 0.917. The van der Waals surface area contributed by atoms with Crippen molar-refractivity contribution in [2.75, 3.05) is 20.3 Å². The summed E-state index contributed by atoms with van der Waals surface area (Å²) in [7, 11) is 1.54. The fourth-order valence-electron chi connectivity index (χ4n) is 2.26. The molecule has 0 aromatic carbocycles. The summed E-state index contributed by atoms with van der Waals surface area (Å²) >= 11 is 0. The molecule has 1 aliphatic rings. The van der Waals surface area contributed by atoms with Crippen LogP contribution < -0.4 is 0 Å². The van der Waals surface area contributed by atoms with Gasteiger partial charge in [-0.1, -0.05) is 26.2 Å². The first-order valence-electron chi connectivity index (χ1n) is 5.90. The van der Waals surface area contributed by atoms with E-state index in [1.165, 1.54) is 26.4 Å². The summed E-state index contributed by atoms with van der Waals surface area (Å²) in [5.74, 6) is 0.687. The van der Waals surface area contributed by atoms with E-state index in [4.69, 9.17) is 9.47 Å². The number of methoxy groups -OCH3 is 1. The Labute approximate surface area is 92.1 Å². The summed E-state index contributed by atoms with van der Waals surface area (Å²) in [6, 6.07) is 0. The summed E-state index contributed by atoms with van der Waals surface area (Å²) in [5.41, 5.74) is 0. The molecule has 1 rings (SSSR count). The van der Waals surface area contributed by atoms with Crippen LogP contribution in [0.5, 0.6) is 0 Å². The maximum absolute atomic E-state index is 11.2. The van der Waals surface area contributed by atoms with Gasteiger partial charge >= 0.3 is 0 Å². The molecule has 0 saturated heterocycles. The number of hydrogen-bond acceptors (Lipinski definition) is 3. The highest BCUT2D eigenvalue weighted by molar-refractivity contribution is 5.80. The predicted octanol–water partition coefficient (Wildman–Crippen LogP) is 2.19. The Hall–Kier alpha value is -0.410. The van der Waals surface area contributed by atoms with Gasteiger partial charge in [0.05, 0.1) is 6.10 Å². The Bertz CT molecular complexity index is 191. The molecule has 0 aliphatic heterocycles. The van der Waals surface area contributed by atoms with E-state index in [0.717, 1.165) is 12.8 Å². The van der Waals surface area contributed by atoms with Crippen molar-refractivity contribution in [3.8, 4) is 0 Å². The van der Waals surface area contributed by atoms with Crippen molar-refractivity contribution in [1.82, 2.24) is 0 Å². The molecule has 0 spiro atoms. The van der Waals surface area contributed by atoms with Crippen LogP contribution in [0.4, 0.5) is 0 Å². The maximum Gasteiger partial charge on any atom is 0.183 e. The number of rotatable bonds is 6. The van der Waals surface area contributed by atoms with Crippen LogP contribution >= 0.6 is 0 Å². The predicted molar refractivity (Wildman–Crippen MR) is 58.9 cm³/mol. The van der Waals surface area contributed by atoms with E-state index in [2.05, 4.69) is 6.92 Å². The molecule has 0 aromatic heterocycles. The Morgan fingerprint density at radius 1 is 1.27 bits per heavy atom. The Morgan fingerprint density at radius 2 is 2.00 bits per heavy atom. The molecule has 2 unspecified atom stereocenters. The van der Waals surface area contributed by atoms with Crippen LogP contribution in [0.3, 0.4) is 0 Å². The van der Waals surface area contributed by atoms with Gasteiger partial charge in [-0.25, -0.2) is 0 Å². The van der Waals surface area contributed by atoms with E-state index in [-0.39, 0.29) is 19.0 Å². The van der Waals surface area contributed by atoms with Crippen LogP contribution in [0, 0.1) is 5.92 Å². The largest absolute Gasteiger partial charge is 0.377 e. The summed E-state index contributed by atoms with van der Waals surface area (Å²) in [4.78, 5) is 11.2. The van der Waals surface area contributed by atoms with Gasteiger partial charge in [0.15, 0.2) is 5.78 Å². The van der Waals surface area contributed by atoms with Crippen molar-refractivity contribution < 1.29 is 14.3 Å². The highest BCUT2D eigenvalue weighted by Gasteiger charge is 2.24. The van der Waals surface area contributed by atoms with Gasteiger partial charge < -0.3 is 9.47 Å². The number of hydrogen-bond donors (Lipinski definition) is 0. The van der Waals surface area contributed by atoms with Crippen molar-refractivity contribution in [3.63, 3.8) is 0 Å². The first kappa shape index (κ1) is 12.7. The zero-order valence-electron chi connectivity index (χ0n) is 9.83. The first-order valence-corrected chi connectivity index (χ1v) is 5.90. The molecule has 88 valence electrons. The molecule has 0 radical (unpaired) electrons. The smallest absolute Gasteiger partial charge is 0.183 e. The molecule has 0 heterocycles. The lowest BCUT2D eigenvalue weighted by Gasteiger charge is -2.30. The van der Waals surface area contributed by atoms with Gasteiger partial charge in [-0.3, -0.25) is 4.79 Å². The second kappa shape index (κ2) is 6.96. The molecule has 1 aliphatic carbocycles. The van der Waals surface area contributed by atoms with Crippen molar-refractivity contribution in [2.45, 2.75) is 45.1 Å². The summed E-state index contributed by atoms with van der Waals surface area (Å²) < 4.78 is 10.4. The molecule has 15 heavy (non-hydrogen) atoms. The van der Waals surface area contributed by atoms with Crippen LogP contribution in [0.1, 0.15) is 39.0 Å². The molecule has 0 amide bonds. The summed E-state index contributed by atoms with van der Waals surface area (Å²) in [5, 5.41) is 0. The van der Waals surface area contributed by atoms with Gasteiger partial charge in [0.1, 0.15) is 13.2 Å². The van der Waals surface area contributed by atoms with E-state index in [0.29, 0.717) is 12.0 Å². The molecule has 1 fully saturated rings. The molecular formula is C12H22O3. The van der Waals surface area contributed by atoms with E-state index in [1.807, 2.05) is 0 Å². The summed E-state index contributed by atoms with van der Waals surface area (Å²) in [6.07, 6.45) is 6.36. The van der Waals surface area contributed by atoms with Crippen molar-refractivity contribution in [2.24, 2.45) is 5.92 Å². The molecule has 0 bridgehead atoms. The van der Waals surface area contributed by atoms with Gasteiger partial charge in [0.2, 0.25) is 0 Å². The number of ether oxygens (including phenoxy) is 2. The van der Waals surface area contributed by atoms with Gasteiger partial charge in [-0.15, -0.1) is 0 Å². The Kier molecular flexibility index (Phi) is 5.88. The molecule has 3 nitrogen and oxygen atoms in total. The zero-order chi connectivity index (χ0) is 11.1. The zero-order valence-corrected chi connectivity index (χ0v) is 9.83. The first-order chi connectivity index (χ1) is 7.27. The third-order valence-corrected chi connectivity index (χ3v) is 3.13. The minimum Gasteiger partial charge on any atom is -0.377 e. The third kappa shape index (κ3) is 4.31. The van der Waals surface area contributed by atoms with Crippen LogP contribution in [0.15, 0.2) is 0 Å². The Morgan fingerprint density at radius 3 is 2.67 bits per heavy atom. The van der Waals surface area contributed by atoms with Gasteiger partial charge in [-0.2, -0.15) is 0 Å². The number of carbonyl (C=O) groups excluding carboxylic acids is 1. The van der Waals surface area contributed by atoms with Gasteiger partial charge in [0.25, 0.3) is 0 Å². The highest BCUT2D eigenvalue weighted by atomic mass is 16.5. The number of Topliss-reactive ketones (excluding diaryl/α,β-unsaturated/α-hetero) is 1. The lowest BCUT2D eigenvalue weighted by Crippen LogP contribution is -2.30. The average Bonchev–Trinajstić information content (AvgIpc) is 2.27. The number of ketones is 1. The molecule has 3 heteroatoms. The van der Waals surface area contributed by atoms with Crippen molar-refractivity contribution in [3.05, 3.63) is 0 Å². The second-order valence-corrected chi connectivity index (χ2v) is 4.27. The van der Waals surface area contributed by atoms with Crippen molar-refractivity contribution in [1.29, 1.82) is 0 Å². The molecule has 0 aromatic rings. The van der Waals surface area contributed by atoms with Crippen LogP contribution in [0.25, 0.3) is 0 Å². The normalized spacial score (nSPS) is 26.5. The molecular weight excluding hydrogens is 192 g/mol. The lowest BCUT2D eigenvalue weighted by molar-refractivity contribution is -0.131. The van der Waals surface area contributed by atoms with E-state index >= 15 is 0 Å². The van der Waals surface area contributed by atoms with Crippen LogP contribution in [-0.4, -0.2) is 32.2 Å². The van der Waals surface area contributed by atoms with Gasteiger partial charge in [-0.05, 0) is 18.8 Å². The molecule has 1 saturated carbocycles. The van der Waals surface area contributed by atoms with E-state index < -0.39 is 0 Å². The summed E-state index contributed by atoms with van der Waals surface area (Å²) in [6.45, 7) is 2.59. The van der Waals surface area contributed by atoms with E-state index in [9.17, 15) is 4.79 Å². The van der Waals surface area contributed by atoms with Crippen molar-refractivity contribution >= 4 is 5.78 Å². The third-order valence-electron chi connectivity index (χ3n) is 3.13. The Balaban J connectivity index is 2.26. The SMILES string of the molecule is CCC1CCCCC1OCC(=O)COC. The molecule has 2 atom stereocenters. The lowest BCUT2D eigenvalue weighted by atomic mass is 9.85. The highest BCUT2D eigenvalue weighted by Crippen LogP contribution is 2.28. The van der Waals surface area contributed by atoms with Crippen LogP contribution in [-0.2, 0) is 14.3 Å². The minimum atomic E-state index is 0.0397. The topological polar surface area (TPSA) is 35.5 Å². The quantitative estimate of drug-likeness (QED) is 0.680. The number of carbonyl (C=O) groups is 1. The van der Waals surface area contributed by atoms with E-state index in [1.54, 1.807) is 0 Å².